The molecule has 0 spiro atoms. The van der Waals surface area contributed by atoms with Crippen molar-refractivity contribution in [2.24, 2.45) is 11.3 Å². The lowest BCUT2D eigenvalue weighted by molar-refractivity contribution is -0.397. The number of alkyl halides is 9. The first-order chi connectivity index (χ1) is 16.2. The van der Waals surface area contributed by atoms with E-state index in [9.17, 15) is 44.3 Å². The number of benzene rings is 1. The first kappa shape index (κ1) is 31.9. The van der Waals surface area contributed by atoms with Crippen molar-refractivity contribution in [1.29, 1.82) is 0 Å². The second kappa shape index (κ2) is 11.5. The van der Waals surface area contributed by atoms with E-state index < -0.39 is 49.5 Å². The molecule has 0 fully saturated rings. The number of hydrogen-bond acceptors (Lipinski definition) is 3. The molecule has 36 heavy (non-hydrogen) atoms. The Kier molecular flexibility index (Phi) is 10.2. The molecule has 12 heteroatoms. The molecule has 0 bridgehead atoms. The number of esters is 1. The van der Waals surface area contributed by atoms with Crippen molar-refractivity contribution in [2.45, 2.75) is 83.7 Å². The van der Waals surface area contributed by atoms with Gasteiger partial charge in [0.15, 0.2) is 6.61 Å². The molecule has 1 aromatic rings. The van der Waals surface area contributed by atoms with E-state index in [1.807, 2.05) is 0 Å². The fourth-order valence-electron chi connectivity index (χ4n) is 3.33. The van der Waals surface area contributed by atoms with Crippen molar-refractivity contribution >= 4 is 5.97 Å². The maximum atomic E-state index is 13.5. The normalized spacial score (nSPS) is 14.6. The van der Waals surface area contributed by atoms with Crippen molar-refractivity contribution in [3.63, 3.8) is 0 Å². The Morgan fingerprint density at radius 2 is 1.42 bits per heavy atom. The van der Waals surface area contributed by atoms with E-state index in [2.05, 4.69) is 39.4 Å². The highest BCUT2D eigenvalue weighted by Gasteiger charge is 2.81. The molecule has 0 aromatic heterocycles. The Labute approximate surface area is 204 Å². The van der Waals surface area contributed by atoms with E-state index in [0.717, 1.165) is 18.4 Å². The Morgan fingerprint density at radius 3 is 1.86 bits per heavy atom. The lowest BCUT2D eigenvalue weighted by Gasteiger charge is -2.33. The summed E-state index contributed by atoms with van der Waals surface area (Å²) in [5.74, 6) is -20.0. The molecule has 0 amide bonds. The van der Waals surface area contributed by atoms with E-state index in [4.69, 9.17) is 4.74 Å². The molecule has 0 saturated heterocycles. The van der Waals surface area contributed by atoms with Crippen LogP contribution in [-0.2, 0) is 9.53 Å². The van der Waals surface area contributed by atoms with Crippen molar-refractivity contribution in [3.05, 3.63) is 29.8 Å². The molecular formula is C24H31F9O3. The minimum absolute atomic E-state index is 0.122. The van der Waals surface area contributed by atoms with Crippen LogP contribution in [0, 0.1) is 11.3 Å². The van der Waals surface area contributed by atoms with Crippen LogP contribution in [0.25, 0.3) is 0 Å². The van der Waals surface area contributed by atoms with Gasteiger partial charge in [-0.05, 0) is 41.4 Å². The van der Waals surface area contributed by atoms with E-state index in [1.165, 1.54) is 0 Å². The van der Waals surface area contributed by atoms with Crippen LogP contribution in [0.3, 0.4) is 0 Å². The highest BCUT2D eigenvalue weighted by molar-refractivity contribution is 5.71. The van der Waals surface area contributed by atoms with Gasteiger partial charge in [0.25, 0.3) is 0 Å². The zero-order valence-corrected chi connectivity index (χ0v) is 20.6. The monoisotopic (exact) mass is 538 g/mol. The van der Waals surface area contributed by atoms with Crippen molar-refractivity contribution in [3.8, 4) is 5.75 Å². The summed E-state index contributed by atoms with van der Waals surface area (Å²) in [6, 6.07) is 6.76. The summed E-state index contributed by atoms with van der Waals surface area (Å²) in [5.41, 5.74) is 1.16. The van der Waals surface area contributed by atoms with Gasteiger partial charge in [-0.1, -0.05) is 53.2 Å². The number of carbonyl (C=O) groups excluding carboxylic acids is 1. The fourth-order valence-corrected chi connectivity index (χ4v) is 3.33. The zero-order chi connectivity index (χ0) is 28.2. The van der Waals surface area contributed by atoms with E-state index in [1.54, 1.807) is 24.3 Å². The van der Waals surface area contributed by atoms with Crippen LogP contribution < -0.4 is 4.74 Å². The van der Waals surface area contributed by atoms with Gasteiger partial charge in [0.05, 0.1) is 13.0 Å². The molecular weight excluding hydrogens is 507 g/mol. The average Bonchev–Trinajstić information content (AvgIpc) is 2.75. The molecule has 0 saturated carbocycles. The smallest absolute Gasteiger partial charge is 0.460 e. The summed E-state index contributed by atoms with van der Waals surface area (Å²) >= 11 is 0. The summed E-state index contributed by atoms with van der Waals surface area (Å²) in [5, 5.41) is 0. The molecule has 0 aliphatic heterocycles. The largest absolute Gasteiger partial charge is 0.482 e. The fraction of sp³-hybridized carbons (Fsp3) is 0.708. The van der Waals surface area contributed by atoms with Gasteiger partial charge >= 0.3 is 29.9 Å². The molecule has 0 radical (unpaired) electrons. The van der Waals surface area contributed by atoms with Gasteiger partial charge < -0.3 is 9.47 Å². The first-order valence-electron chi connectivity index (χ1n) is 11.3. The predicted molar refractivity (Wildman–Crippen MR) is 115 cm³/mol. The number of carbonyl (C=O) groups is 1. The average molecular weight is 538 g/mol. The molecule has 3 nitrogen and oxygen atoms in total. The summed E-state index contributed by atoms with van der Waals surface area (Å²) in [7, 11) is 0. The lowest BCUT2D eigenvalue weighted by atomic mass is 9.74. The summed E-state index contributed by atoms with van der Waals surface area (Å²) < 4.78 is 125. The summed E-state index contributed by atoms with van der Waals surface area (Å²) in [6.07, 6.45) is -7.22. The summed E-state index contributed by atoms with van der Waals surface area (Å²) in [4.78, 5) is 11.7. The Bertz CT molecular complexity index is 847. The molecule has 208 valence electrons. The Balaban J connectivity index is 2.67. The van der Waals surface area contributed by atoms with Crippen LogP contribution in [0.4, 0.5) is 39.5 Å². The highest BCUT2D eigenvalue weighted by Crippen LogP contribution is 2.54. The van der Waals surface area contributed by atoms with E-state index in [0.29, 0.717) is 5.92 Å². The van der Waals surface area contributed by atoms with E-state index >= 15 is 0 Å². The minimum atomic E-state index is -6.98. The number of ether oxygens (including phenoxy) is 2. The molecule has 1 atom stereocenters. The third-order valence-electron chi connectivity index (χ3n) is 6.09. The molecule has 1 rings (SSSR count). The van der Waals surface area contributed by atoms with Crippen LogP contribution in [0.2, 0.25) is 0 Å². The first-order valence-corrected chi connectivity index (χ1v) is 11.3. The quantitative estimate of drug-likeness (QED) is 0.188. The predicted octanol–water partition coefficient (Wildman–Crippen LogP) is 8.03. The second-order valence-corrected chi connectivity index (χ2v) is 9.75. The van der Waals surface area contributed by atoms with Gasteiger partial charge in [0, 0.05) is 0 Å². The second-order valence-electron chi connectivity index (χ2n) is 9.75. The van der Waals surface area contributed by atoms with Crippen molar-refractivity contribution in [2.75, 3.05) is 13.2 Å². The molecule has 0 N–H and O–H groups in total. The highest BCUT2D eigenvalue weighted by atomic mass is 19.4. The van der Waals surface area contributed by atoms with E-state index in [-0.39, 0.29) is 17.1 Å². The minimum Gasteiger partial charge on any atom is -0.482 e. The SMILES string of the molecule is CCC(C)(C)CC(c1ccc(OCC(=O)OCCC(F)(F)C(F)(F)C(F)(F)C(F)(F)F)cc1)C(C)C. The molecule has 0 aliphatic rings. The van der Waals surface area contributed by atoms with Crippen LogP contribution in [-0.4, -0.2) is 43.1 Å². The number of rotatable bonds is 13. The van der Waals surface area contributed by atoms with Crippen molar-refractivity contribution < 1.29 is 53.8 Å². The molecule has 1 aromatic carbocycles. The standard InChI is InChI=1S/C24H31F9O3/c1-6-20(4,5)13-18(15(2)3)16-7-9-17(10-8-16)36-14-19(34)35-12-11-21(25,26)22(27,28)23(29,30)24(31,32)33/h7-10,15,18H,6,11-14H2,1-5H3. The molecule has 1 unspecified atom stereocenters. The van der Waals surface area contributed by atoms with Gasteiger partial charge in [-0.3, -0.25) is 0 Å². The molecule has 0 heterocycles. The summed E-state index contributed by atoms with van der Waals surface area (Å²) in [6.45, 7) is 8.30. The zero-order valence-electron chi connectivity index (χ0n) is 20.6. The maximum Gasteiger partial charge on any atom is 0.460 e. The van der Waals surface area contributed by atoms with Crippen LogP contribution in [0.15, 0.2) is 24.3 Å². The molecule has 0 aliphatic carbocycles. The third kappa shape index (κ3) is 7.68. The van der Waals surface area contributed by atoms with Crippen molar-refractivity contribution in [1.82, 2.24) is 0 Å². The number of halogens is 9. The third-order valence-corrected chi connectivity index (χ3v) is 6.09. The van der Waals surface area contributed by atoms with Gasteiger partial charge in [0.2, 0.25) is 0 Å². The Morgan fingerprint density at radius 1 is 0.889 bits per heavy atom. The lowest BCUT2D eigenvalue weighted by Crippen LogP contribution is -2.61. The van der Waals surface area contributed by atoms with Gasteiger partial charge in [-0.25, -0.2) is 4.79 Å². The van der Waals surface area contributed by atoms with Crippen LogP contribution in [0.5, 0.6) is 5.75 Å². The van der Waals surface area contributed by atoms with Crippen LogP contribution in [0.1, 0.15) is 65.4 Å². The topological polar surface area (TPSA) is 35.5 Å². The van der Waals surface area contributed by atoms with Gasteiger partial charge in [-0.15, -0.1) is 0 Å². The number of hydrogen-bond donors (Lipinski definition) is 0. The maximum absolute atomic E-state index is 13.5. The Hall–Kier alpha value is -2.14. The van der Waals surface area contributed by atoms with Crippen LogP contribution >= 0.6 is 0 Å². The van der Waals surface area contributed by atoms with Gasteiger partial charge in [-0.2, -0.15) is 39.5 Å². The van der Waals surface area contributed by atoms with Gasteiger partial charge in [0.1, 0.15) is 5.75 Å².